The average Bonchev–Trinajstić information content (AvgIpc) is 2.41. The predicted octanol–water partition coefficient (Wildman–Crippen LogP) is 1.52. The van der Waals surface area contributed by atoms with Gasteiger partial charge in [-0.15, -0.1) is 0 Å². The van der Waals surface area contributed by atoms with Gasteiger partial charge in [-0.1, -0.05) is 6.92 Å². The molecule has 4 heteroatoms. The van der Waals surface area contributed by atoms with Crippen LogP contribution >= 0.6 is 0 Å². The van der Waals surface area contributed by atoms with Gasteiger partial charge in [-0.2, -0.15) is 0 Å². The van der Waals surface area contributed by atoms with E-state index >= 15 is 0 Å². The third-order valence-corrected chi connectivity index (χ3v) is 3.79. The van der Waals surface area contributed by atoms with E-state index in [1.807, 2.05) is 6.92 Å². The molecule has 0 aromatic carbocycles. The molecule has 0 aromatic rings. The molecule has 2 rings (SSSR count). The molecule has 0 spiro atoms. The van der Waals surface area contributed by atoms with Gasteiger partial charge in [0.25, 0.3) is 0 Å². The molecule has 0 aliphatic carbocycles. The van der Waals surface area contributed by atoms with E-state index < -0.39 is 0 Å². The average molecular weight is 258 g/mol. The van der Waals surface area contributed by atoms with Crippen molar-refractivity contribution in [2.24, 2.45) is 23.3 Å². The van der Waals surface area contributed by atoms with E-state index in [4.69, 9.17) is 20.9 Å². The highest BCUT2D eigenvalue weighted by atomic mass is 16.5. The number of ether oxygens (including phenoxy) is 2. The minimum Gasteiger partial charge on any atom is -0.381 e. The molecular formula is C14H30N2O2. The molecule has 0 radical (unpaired) electrons. The lowest BCUT2D eigenvalue weighted by Gasteiger charge is -2.36. The van der Waals surface area contributed by atoms with E-state index in [0.29, 0.717) is 6.10 Å². The van der Waals surface area contributed by atoms with Crippen molar-refractivity contribution in [2.45, 2.75) is 45.1 Å². The fourth-order valence-corrected chi connectivity index (χ4v) is 2.81. The lowest BCUT2D eigenvalue weighted by molar-refractivity contribution is -0.0713. The maximum atomic E-state index is 5.90. The van der Waals surface area contributed by atoms with Crippen LogP contribution in [-0.4, -0.2) is 39.0 Å². The topological polar surface area (TPSA) is 70.5 Å². The van der Waals surface area contributed by atoms with Gasteiger partial charge < -0.3 is 20.9 Å². The Kier molecular flexibility index (Phi) is 8.59. The van der Waals surface area contributed by atoms with Gasteiger partial charge in [0.05, 0.1) is 6.10 Å². The van der Waals surface area contributed by atoms with Gasteiger partial charge in [-0.25, -0.2) is 0 Å². The van der Waals surface area contributed by atoms with Crippen LogP contribution in [0.15, 0.2) is 0 Å². The standard InChI is InChI=1S/C12H23NO2.C2H7N/c13-5-1-10-2-8-15-12(9-10)11-3-6-14-7-4-11;1-2-3/h10-12H,1-9,13H2;2-3H2,1H3. The molecular weight excluding hydrogens is 228 g/mol. The molecule has 108 valence electrons. The second-order valence-electron chi connectivity index (χ2n) is 5.24. The summed E-state index contributed by atoms with van der Waals surface area (Å²) < 4.78 is 11.3. The molecule has 2 atom stereocenters. The molecule has 2 heterocycles. The first kappa shape index (κ1) is 15.9. The minimum absolute atomic E-state index is 0.485. The van der Waals surface area contributed by atoms with Crippen LogP contribution in [0.5, 0.6) is 0 Å². The van der Waals surface area contributed by atoms with Crippen LogP contribution in [-0.2, 0) is 9.47 Å². The Bertz CT molecular complexity index is 194. The summed E-state index contributed by atoms with van der Waals surface area (Å²) in [5.41, 5.74) is 10.5. The molecule has 0 aromatic heterocycles. The van der Waals surface area contributed by atoms with Crippen LogP contribution < -0.4 is 11.5 Å². The van der Waals surface area contributed by atoms with Gasteiger partial charge in [-0.3, -0.25) is 0 Å². The summed E-state index contributed by atoms with van der Waals surface area (Å²) in [6.45, 7) is 6.26. The van der Waals surface area contributed by atoms with E-state index in [0.717, 1.165) is 44.7 Å². The van der Waals surface area contributed by atoms with E-state index in [9.17, 15) is 0 Å². The first-order valence-corrected chi connectivity index (χ1v) is 7.41. The van der Waals surface area contributed by atoms with Crippen molar-refractivity contribution in [3.8, 4) is 0 Å². The van der Waals surface area contributed by atoms with Gasteiger partial charge >= 0.3 is 0 Å². The van der Waals surface area contributed by atoms with Crippen molar-refractivity contribution in [1.82, 2.24) is 0 Å². The zero-order chi connectivity index (χ0) is 13.2. The van der Waals surface area contributed by atoms with Crippen molar-refractivity contribution >= 4 is 0 Å². The summed E-state index contributed by atoms with van der Waals surface area (Å²) in [6, 6.07) is 0. The summed E-state index contributed by atoms with van der Waals surface area (Å²) in [5.74, 6) is 1.54. The minimum atomic E-state index is 0.485. The maximum absolute atomic E-state index is 5.90. The zero-order valence-corrected chi connectivity index (χ0v) is 11.8. The number of rotatable bonds is 3. The fraction of sp³-hybridized carbons (Fsp3) is 1.00. The van der Waals surface area contributed by atoms with Crippen molar-refractivity contribution in [2.75, 3.05) is 32.9 Å². The molecule has 4 N–H and O–H groups in total. The summed E-state index contributed by atoms with van der Waals surface area (Å²) >= 11 is 0. The first-order valence-electron chi connectivity index (χ1n) is 7.41. The molecule has 2 aliphatic rings. The van der Waals surface area contributed by atoms with E-state index in [2.05, 4.69) is 0 Å². The third-order valence-electron chi connectivity index (χ3n) is 3.79. The molecule has 0 saturated carbocycles. The molecule has 2 aliphatic heterocycles. The number of hydrogen-bond acceptors (Lipinski definition) is 4. The van der Waals surface area contributed by atoms with E-state index in [1.165, 1.54) is 32.1 Å². The zero-order valence-electron chi connectivity index (χ0n) is 11.8. The van der Waals surface area contributed by atoms with Crippen LogP contribution in [0.2, 0.25) is 0 Å². The molecule has 0 bridgehead atoms. The van der Waals surface area contributed by atoms with Crippen LogP contribution in [0, 0.1) is 11.8 Å². The van der Waals surface area contributed by atoms with Crippen molar-refractivity contribution in [3.05, 3.63) is 0 Å². The summed E-state index contributed by atoms with van der Waals surface area (Å²) in [7, 11) is 0. The predicted molar refractivity (Wildman–Crippen MR) is 74.4 cm³/mol. The Morgan fingerprint density at radius 1 is 1.06 bits per heavy atom. The molecule has 18 heavy (non-hydrogen) atoms. The largest absolute Gasteiger partial charge is 0.381 e. The van der Waals surface area contributed by atoms with Crippen molar-refractivity contribution in [3.63, 3.8) is 0 Å². The van der Waals surface area contributed by atoms with Gasteiger partial charge in [0.1, 0.15) is 0 Å². The number of nitrogens with two attached hydrogens (primary N) is 2. The van der Waals surface area contributed by atoms with Gasteiger partial charge in [0.15, 0.2) is 0 Å². The number of hydrogen-bond donors (Lipinski definition) is 2. The van der Waals surface area contributed by atoms with Crippen molar-refractivity contribution in [1.29, 1.82) is 0 Å². The molecule has 2 saturated heterocycles. The summed E-state index contributed by atoms with van der Waals surface area (Å²) in [4.78, 5) is 0. The SMILES string of the molecule is CCN.NCCC1CCOC(C2CCOCC2)C1. The van der Waals surface area contributed by atoms with Gasteiger partial charge in [0.2, 0.25) is 0 Å². The second-order valence-corrected chi connectivity index (χ2v) is 5.24. The van der Waals surface area contributed by atoms with Crippen molar-refractivity contribution < 1.29 is 9.47 Å². The Morgan fingerprint density at radius 2 is 1.72 bits per heavy atom. The molecule has 4 nitrogen and oxygen atoms in total. The monoisotopic (exact) mass is 258 g/mol. The molecule has 2 fully saturated rings. The highest BCUT2D eigenvalue weighted by Gasteiger charge is 2.29. The Morgan fingerprint density at radius 3 is 2.33 bits per heavy atom. The quantitative estimate of drug-likeness (QED) is 0.805. The smallest absolute Gasteiger partial charge is 0.0607 e. The van der Waals surface area contributed by atoms with Gasteiger partial charge in [-0.05, 0) is 57.0 Å². The van der Waals surface area contributed by atoms with E-state index in [-0.39, 0.29) is 0 Å². The normalized spacial score (nSPS) is 29.5. The lowest BCUT2D eigenvalue weighted by atomic mass is 9.83. The van der Waals surface area contributed by atoms with Crippen LogP contribution in [0.25, 0.3) is 0 Å². The lowest BCUT2D eigenvalue weighted by Crippen LogP contribution is -2.35. The Balaban J connectivity index is 0.000000492. The maximum Gasteiger partial charge on any atom is 0.0607 e. The third kappa shape index (κ3) is 5.65. The van der Waals surface area contributed by atoms with E-state index in [1.54, 1.807) is 0 Å². The van der Waals surface area contributed by atoms with Gasteiger partial charge in [0, 0.05) is 19.8 Å². The summed E-state index contributed by atoms with van der Waals surface area (Å²) in [6.07, 6.45) is 6.45. The highest BCUT2D eigenvalue weighted by molar-refractivity contribution is 4.79. The fourth-order valence-electron chi connectivity index (χ4n) is 2.81. The Hall–Kier alpha value is -0.160. The Labute approximate surface area is 111 Å². The molecule has 2 unspecified atom stereocenters. The van der Waals surface area contributed by atoms with Crippen LogP contribution in [0.3, 0.4) is 0 Å². The van der Waals surface area contributed by atoms with Crippen LogP contribution in [0.4, 0.5) is 0 Å². The highest BCUT2D eigenvalue weighted by Crippen LogP contribution is 2.31. The van der Waals surface area contributed by atoms with Crippen LogP contribution in [0.1, 0.15) is 39.0 Å². The second kappa shape index (κ2) is 9.73. The molecule has 0 amide bonds. The first-order chi connectivity index (χ1) is 8.81. The summed E-state index contributed by atoms with van der Waals surface area (Å²) in [5, 5.41) is 0.